The Morgan fingerprint density at radius 3 is 2.53 bits per heavy atom. The number of nitrogens with zero attached hydrogens (tertiary/aromatic N) is 2. The minimum atomic E-state index is -0.415. The standard InChI is InChI=1S/C13H12FN3O2/c1-2-19-12-8-7-11(16-17-12)13(18)15-10-5-3-9(14)4-6-10/h3-8H,2H2,1H3,(H,15,18). The van der Waals surface area contributed by atoms with Crippen molar-refractivity contribution in [2.45, 2.75) is 6.92 Å². The van der Waals surface area contributed by atoms with Crippen molar-refractivity contribution in [2.75, 3.05) is 11.9 Å². The Balaban J connectivity index is 2.05. The van der Waals surface area contributed by atoms with Crippen LogP contribution in [0.3, 0.4) is 0 Å². The zero-order valence-electron chi connectivity index (χ0n) is 10.3. The lowest BCUT2D eigenvalue weighted by Crippen LogP contribution is -2.14. The van der Waals surface area contributed by atoms with Gasteiger partial charge in [0.15, 0.2) is 5.69 Å². The molecule has 0 saturated carbocycles. The number of amides is 1. The Morgan fingerprint density at radius 1 is 1.21 bits per heavy atom. The van der Waals surface area contributed by atoms with E-state index in [1.807, 2.05) is 6.92 Å². The Morgan fingerprint density at radius 2 is 1.95 bits per heavy atom. The molecule has 1 heterocycles. The zero-order valence-corrected chi connectivity index (χ0v) is 10.3. The zero-order chi connectivity index (χ0) is 13.7. The van der Waals surface area contributed by atoms with Crippen LogP contribution in [0.5, 0.6) is 5.88 Å². The van der Waals surface area contributed by atoms with E-state index >= 15 is 0 Å². The molecule has 0 radical (unpaired) electrons. The smallest absolute Gasteiger partial charge is 0.276 e. The van der Waals surface area contributed by atoms with Gasteiger partial charge in [-0.2, -0.15) is 0 Å². The number of hydrogen-bond acceptors (Lipinski definition) is 4. The van der Waals surface area contributed by atoms with Crippen LogP contribution in [0.4, 0.5) is 10.1 Å². The van der Waals surface area contributed by atoms with Crippen molar-refractivity contribution < 1.29 is 13.9 Å². The van der Waals surface area contributed by atoms with E-state index in [4.69, 9.17) is 4.74 Å². The molecule has 1 N–H and O–H groups in total. The fourth-order valence-corrected chi connectivity index (χ4v) is 1.39. The minimum Gasteiger partial charge on any atom is -0.477 e. The number of nitrogens with one attached hydrogen (secondary N) is 1. The van der Waals surface area contributed by atoms with Gasteiger partial charge in [0.25, 0.3) is 5.91 Å². The maximum Gasteiger partial charge on any atom is 0.276 e. The van der Waals surface area contributed by atoms with Gasteiger partial charge < -0.3 is 10.1 Å². The molecular weight excluding hydrogens is 249 g/mol. The van der Waals surface area contributed by atoms with E-state index < -0.39 is 5.91 Å². The molecule has 6 heteroatoms. The van der Waals surface area contributed by atoms with Crippen molar-refractivity contribution in [1.29, 1.82) is 0 Å². The number of carbonyl (C=O) groups is 1. The van der Waals surface area contributed by atoms with Crippen LogP contribution in [0.25, 0.3) is 0 Å². The predicted molar refractivity (Wildman–Crippen MR) is 67.6 cm³/mol. The van der Waals surface area contributed by atoms with Crippen molar-refractivity contribution in [2.24, 2.45) is 0 Å². The summed E-state index contributed by atoms with van der Waals surface area (Å²) in [5.41, 5.74) is 0.648. The molecule has 0 aliphatic carbocycles. The summed E-state index contributed by atoms with van der Waals surface area (Å²) in [6.45, 7) is 2.31. The fourth-order valence-electron chi connectivity index (χ4n) is 1.39. The van der Waals surface area contributed by atoms with E-state index in [-0.39, 0.29) is 11.5 Å². The van der Waals surface area contributed by atoms with Gasteiger partial charge >= 0.3 is 0 Å². The third-order valence-corrected chi connectivity index (χ3v) is 2.27. The van der Waals surface area contributed by atoms with E-state index in [0.717, 1.165) is 0 Å². The molecule has 0 bridgehead atoms. The Hall–Kier alpha value is -2.50. The van der Waals surface area contributed by atoms with Gasteiger partial charge in [0, 0.05) is 11.8 Å². The molecule has 0 spiro atoms. The fraction of sp³-hybridized carbons (Fsp3) is 0.154. The normalized spacial score (nSPS) is 10.0. The van der Waals surface area contributed by atoms with Crippen molar-refractivity contribution >= 4 is 11.6 Å². The number of anilines is 1. The molecule has 2 rings (SSSR count). The first-order valence-electron chi connectivity index (χ1n) is 5.72. The van der Waals surface area contributed by atoms with Gasteiger partial charge in [0.2, 0.25) is 5.88 Å². The van der Waals surface area contributed by atoms with Crippen LogP contribution in [0.1, 0.15) is 17.4 Å². The number of carbonyl (C=O) groups excluding carboxylic acids is 1. The molecule has 5 nitrogen and oxygen atoms in total. The van der Waals surface area contributed by atoms with Crippen molar-refractivity contribution in [3.8, 4) is 5.88 Å². The average molecular weight is 261 g/mol. The van der Waals surface area contributed by atoms with Crippen molar-refractivity contribution in [3.63, 3.8) is 0 Å². The van der Waals surface area contributed by atoms with Gasteiger partial charge in [-0.05, 0) is 37.3 Å². The van der Waals surface area contributed by atoms with Crippen LogP contribution >= 0.6 is 0 Å². The van der Waals surface area contributed by atoms with E-state index in [9.17, 15) is 9.18 Å². The topological polar surface area (TPSA) is 64.1 Å². The first kappa shape index (κ1) is 12.9. The lowest BCUT2D eigenvalue weighted by molar-refractivity contribution is 0.102. The number of benzene rings is 1. The Kier molecular flexibility index (Phi) is 4.02. The predicted octanol–water partition coefficient (Wildman–Crippen LogP) is 2.27. The van der Waals surface area contributed by atoms with Crippen LogP contribution in [0, 0.1) is 5.82 Å². The summed E-state index contributed by atoms with van der Waals surface area (Å²) in [5.74, 6) is -0.415. The third kappa shape index (κ3) is 3.48. The van der Waals surface area contributed by atoms with Crippen molar-refractivity contribution in [3.05, 3.63) is 47.9 Å². The molecule has 1 aromatic carbocycles. The molecule has 98 valence electrons. The average Bonchev–Trinajstić information content (AvgIpc) is 2.42. The molecule has 1 amide bonds. The first-order valence-corrected chi connectivity index (χ1v) is 5.72. The Bertz CT molecular complexity index is 555. The molecule has 0 aliphatic heterocycles. The number of ether oxygens (including phenoxy) is 1. The van der Waals surface area contributed by atoms with Crippen LogP contribution in [-0.4, -0.2) is 22.7 Å². The number of hydrogen-bond donors (Lipinski definition) is 1. The second kappa shape index (κ2) is 5.90. The van der Waals surface area contributed by atoms with Crippen LogP contribution in [-0.2, 0) is 0 Å². The summed E-state index contributed by atoms with van der Waals surface area (Å²) in [7, 11) is 0. The van der Waals surface area contributed by atoms with Crippen molar-refractivity contribution in [1.82, 2.24) is 10.2 Å². The Labute approximate surface area is 109 Å². The van der Waals surface area contributed by atoms with E-state index in [2.05, 4.69) is 15.5 Å². The van der Waals surface area contributed by atoms with E-state index in [1.165, 1.54) is 30.3 Å². The highest BCUT2D eigenvalue weighted by molar-refractivity contribution is 6.02. The van der Waals surface area contributed by atoms with Crippen LogP contribution < -0.4 is 10.1 Å². The largest absolute Gasteiger partial charge is 0.477 e. The summed E-state index contributed by atoms with van der Waals surface area (Å²) < 4.78 is 17.8. The molecule has 0 unspecified atom stereocenters. The molecule has 0 fully saturated rings. The van der Waals surface area contributed by atoms with Crippen LogP contribution in [0.15, 0.2) is 36.4 Å². The van der Waals surface area contributed by atoms with Crippen LogP contribution in [0.2, 0.25) is 0 Å². The molecule has 2 aromatic rings. The summed E-state index contributed by atoms with van der Waals surface area (Å²) in [5, 5.41) is 10.1. The van der Waals surface area contributed by atoms with Gasteiger partial charge in [0.1, 0.15) is 5.82 Å². The third-order valence-electron chi connectivity index (χ3n) is 2.27. The van der Waals surface area contributed by atoms with Gasteiger partial charge in [-0.1, -0.05) is 0 Å². The molecular formula is C13H12FN3O2. The molecule has 0 atom stereocenters. The number of aromatic nitrogens is 2. The highest BCUT2D eigenvalue weighted by Crippen LogP contribution is 2.10. The molecule has 1 aromatic heterocycles. The van der Waals surface area contributed by atoms with E-state index in [1.54, 1.807) is 6.07 Å². The lowest BCUT2D eigenvalue weighted by Gasteiger charge is -2.05. The van der Waals surface area contributed by atoms with Gasteiger partial charge in [0.05, 0.1) is 6.61 Å². The number of halogens is 1. The van der Waals surface area contributed by atoms with E-state index in [0.29, 0.717) is 18.2 Å². The second-order valence-electron chi connectivity index (χ2n) is 3.65. The summed E-state index contributed by atoms with van der Waals surface area (Å²) >= 11 is 0. The first-order chi connectivity index (χ1) is 9.19. The maximum atomic E-state index is 12.7. The highest BCUT2D eigenvalue weighted by atomic mass is 19.1. The maximum absolute atomic E-state index is 12.7. The number of rotatable bonds is 4. The monoisotopic (exact) mass is 261 g/mol. The van der Waals surface area contributed by atoms with Gasteiger partial charge in [-0.25, -0.2) is 4.39 Å². The van der Waals surface area contributed by atoms with Gasteiger partial charge in [-0.15, -0.1) is 10.2 Å². The SMILES string of the molecule is CCOc1ccc(C(=O)Nc2ccc(F)cc2)nn1. The summed E-state index contributed by atoms with van der Waals surface area (Å²) in [6, 6.07) is 8.54. The lowest BCUT2D eigenvalue weighted by atomic mass is 10.3. The highest BCUT2D eigenvalue weighted by Gasteiger charge is 2.08. The second-order valence-corrected chi connectivity index (χ2v) is 3.65. The molecule has 0 aliphatic rings. The molecule has 0 saturated heterocycles. The quantitative estimate of drug-likeness (QED) is 0.917. The summed E-state index contributed by atoms with van der Waals surface area (Å²) in [4.78, 5) is 11.8. The van der Waals surface area contributed by atoms with Gasteiger partial charge in [-0.3, -0.25) is 4.79 Å². The summed E-state index contributed by atoms with van der Waals surface area (Å²) in [6.07, 6.45) is 0. The molecule has 19 heavy (non-hydrogen) atoms. The minimum absolute atomic E-state index is 0.160.